The molecule has 0 aromatic heterocycles. The van der Waals surface area contributed by atoms with Gasteiger partial charge in [-0.2, -0.15) is 0 Å². The van der Waals surface area contributed by atoms with Crippen molar-refractivity contribution in [1.82, 2.24) is 0 Å². The number of halogens is 1. The highest BCUT2D eigenvalue weighted by Gasteiger charge is 2.13. The lowest BCUT2D eigenvalue weighted by Gasteiger charge is -2.12. The van der Waals surface area contributed by atoms with E-state index in [4.69, 9.17) is 10.7 Å². The molecule has 1 aliphatic heterocycles. The average molecular weight is 231 g/mol. The summed E-state index contributed by atoms with van der Waals surface area (Å²) in [5.74, 6) is 0. The maximum absolute atomic E-state index is 11.0. The van der Waals surface area contributed by atoms with E-state index in [0.717, 1.165) is 11.3 Å². The third-order valence-electron chi connectivity index (χ3n) is 1.90. The standard InChI is InChI=1S/C8H7ClN2O2S/c9-14(12,13)7-1-2-8-6(3-7)4-10-5-11-8/h1-4,11H,5H2. The monoisotopic (exact) mass is 230 g/mol. The van der Waals surface area contributed by atoms with Gasteiger partial charge in [0, 0.05) is 28.1 Å². The topological polar surface area (TPSA) is 58.5 Å². The first-order valence-corrected chi connectivity index (χ1v) is 6.21. The minimum Gasteiger partial charge on any atom is -0.366 e. The van der Waals surface area contributed by atoms with Crippen molar-refractivity contribution in [2.45, 2.75) is 4.90 Å². The first-order chi connectivity index (χ1) is 6.57. The molecule has 0 amide bonds. The van der Waals surface area contributed by atoms with Gasteiger partial charge in [0.25, 0.3) is 9.05 Å². The second-order valence-electron chi connectivity index (χ2n) is 2.83. The number of nitrogens with zero attached hydrogens (tertiary/aromatic N) is 1. The molecule has 0 aliphatic carbocycles. The SMILES string of the molecule is O=S(=O)(Cl)c1ccc2c(c1)C=NCN2. The van der Waals surface area contributed by atoms with E-state index >= 15 is 0 Å². The van der Waals surface area contributed by atoms with Crippen LogP contribution in [0.2, 0.25) is 0 Å². The maximum Gasteiger partial charge on any atom is 0.261 e. The highest BCUT2D eigenvalue weighted by Crippen LogP contribution is 2.22. The summed E-state index contributed by atoms with van der Waals surface area (Å²) in [6.45, 7) is 0.514. The molecular weight excluding hydrogens is 224 g/mol. The molecule has 0 saturated heterocycles. The summed E-state index contributed by atoms with van der Waals surface area (Å²) >= 11 is 0. The average Bonchev–Trinajstić information content (AvgIpc) is 2.16. The van der Waals surface area contributed by atoms with Gasteiger partial charge >= 0.3 is 0 Å². The van der Waals surface area contributed by atoms with Crippen LogP contribution in [0.5, 0.6) is 0 Å². The van der Waals surface area contributed by atoms with E-state index in [1.54, 1.807) is 12.3 Å². The summed E-state index contributed by atoms with van der Waals surface area (Å²) < 4.78 is 22.0. The van der Waals surface area contributed by atoms with Gasteiger partial charge in [-0.3, -0.25) is 4.99 Å². The predicted molar refractivity (Wildman–Crippen MR) is 55.6 cm³/mol. The maximum atomic E-state index is 11.0. The van der Waals surface area contributed by atoms with Gasteiger partial charge in [-0.1, -0.05) is 0 Å². The molecule has 0 atom stereocenters. The van der Waals surface area contributed by atoms with Gasteiger partial charge < -0.3 is 5.32 Å². The molecule has 6 heteroatoms. The first kappa shape index (κ1) is 9.48. The zero-order valence-electron chi connectivity index (χ0n) is 7.07. The van der Waals surface area contributed by atoms with Crippen LogP contribution >= 0.6 is 10.7 Å². The van der Waals surface area contributed by atoms with Crippen LogP contribution in [-0.4, -0.2) is 21.3 Å². The molecule has 4 nitrogen and oxygen atoms in total. The minimum absolute atomic E-state index is 0.0908. The number of nitrogens with one attached hydrogen (secondary N) is 1. The molecule has 74 valence electrons. The Hall–Kier alpha value is -1.07. The van der Waals surface area contributed by atoms with Gasteiger partial charge in [0.2, 0.25) is 0 Å². The van der Waals surface area contributed by atoms with Gasteiger partial charge in [0.1, 0.15) is 6.67 Å². The molecule has 0 saturated carbocycles. The summed E-state index contributed by atoms with van der Waals surface area (Å²) in [6.07, 6.45) is 1.62. The molecule has 1 aliphatic rings. The number of rotatable bonds is 1. The number of fused-ring (bicyclic) bond motifs is 1. The number of hydrogen-bond acceptors (Lipinski definition) is 4. The van der Waals surface area contributed by atoms with Crippen LogP contribution in [0.15, 0.2) is 28.1 Å². The Morgan fingerprint density at radius 3 is 2.93 bits per heavy atom. The third kappa shape index (κ3) is 1.73. The van der Waals surface area contributed by atoms with Crippen molar-refractivity contribution in [2.24, 2.45) is 4.99 Å². The molecule has 1 aromatic rings. The molecule has 1 aromatic carbocycles. The Balaban J connectivity index is 2.56. The quantitative estimate of drug-likeness (QED) is 0.743. The second-order valence-corrected chi connectivity index (χ2v) is 5.40. The Morgan fingerprint density at radius 1 is 1.43 bits per heavy atom. The van der Waals surface area contributed by atoms with Crippen LogP contribution in [0.4, 0.5) is 5.69 Å². The summed E-state index contributed by atoms with van der Waals surface area (Å²) in [5.41, 5.74) is 1.60. The van der Waals surface area contributed by atoms with Crippen LogP contribution in [0.1, 0.15) is 5.56 Å². The Labute approximate surface area is 86.0 Å². The van der Waals surface area contributed by atoms with Crippen molar-refractivity contribution in [3.63, 3.8) is 0 Å². The van der Waals surface area contributed by atoms with Crippen molar-refractivity contribution in [3.05, 3.63) is 23.8 Å². The molecule has 0 radical (unpaired) electrons. The van der Waals surface area contributed by atoms with E-state index in [1.807, 2.05) is 0 Å². The molecule has 1 N–H and O–H groups in total. The van der Waals surface area contributed by atoms with Crippen LogP contribution in [0.3, 0.4) is 0 Å². The molecule has 14 heavy (non-hydrogen) atoms. The van der Waals surface area contributed by atoms with Crippen molar-refractivity contribution in [2.75, 3.05) is 12.0 Å². The lowest BCUT2D eigenvalue weighted by atomic mass is 10.2. The van der Waals surface area contributed by atoms with Gasteiger partial charge in [-0.05, 0) is 18.2 Å². The fourth-order valence-electron chi connectivity index (χ4n) is 1.24. The van der Waals surface area contributed by atoms with E-state index in [1.165, 1.54) is 12.1 Å². The van der Waals surface area contributed by atoms with E-state index in [0.29, 0.717) is 6.67 Å². The van der Waals surface area contributed by atoms with Crippen LogP contribution in [0, 0.1) is 0 Å². The van der Waals surface area contributed by atoms with Gasteiger partial charge in [0.15, 0.2) is 0 Å². The Bertz CT molecular complexity index is 496. The fraction of sp³-hybridized carbons (Fsp3) is 0.125. The third-order valence-corrected chi connectivity index (χ3v) is 3.25. The van der Waals surface area contributed by atoms with Crippen molar-refractivity contribution < 1.29 is 8.42 Å². The molecule has 0 bridgehead atoms. The summed E-state index contributed by atoms with van der Waals surface area (Å²) in [6, 6.07) is 4.64. The zero-order valence-corrected chi connectivity index (χ0v) is 8.64. The molecule has 1 heterocycles. The van der Waals surface area contributed by atoms with E-state index in [-0.39, 0.29) is 4.90 Å². The lowest BCUT2D eigenvalue weighted by molar-refractivity contribution is 0.609. The molecule has 0 spiro atoms. The van der Waals surface area contributed by atoms with Crippen molar-refractivity contribution in [3.8, 4) is 0 Å². The van der Waals surface area contributed by atoms with Crippen LogP contribution in [0.25, 0.3) is 0 Å². The van der Waals surface area contributed by atoms with Crippen LogP contribution in [-0.2, 0) is 9.05 Å². The number of hydrogen-bond donors (Lipinski definition) is 1. The minimum atomic E-state index is -3.65. The predicted octanol–water partition coefficient (Wildman–Crippen LogP) is 1.42. The largest absolute Gasteiger partial charge is 0.366 e. The zero-order chi connectivity index (χ0) is 10.2. The first-order valence-electron chi connectivity index (χ1n) is 3.90. The lowest BCUT2D eigenvalue weighted by Crippen LogP contribution is -2.08. The normalized spacial score (nSPS) is 14.6. The highest BCUT2D eigenvalue weighted by molar-refractivity contribution is 8.13. The highest BCUT2D eigenvalue weighted by atomic mass is 35.7. The van der Waals surface area contributed by atoms with Crippen molar-refractivity contribution >= 4 is 31.6 Å². The Morgan fingerprint density at radius 2 is 2.21 bits per heavy atom. The van der Waals surface area contributed by atoms with Gasteiger partial charge in [0.05, 0.1) is 4.90 Å². The summed E-state index contributed by atoms with van der Waals surface area (Å²) in [7, 11) is 1.55. The van der Waals surface area contributed by atoms with Crippen molar-refractivity contribution in [1.29, 1.82) is 0 Å². The Kier molecular flexibility index (Phi) is 2.20. The summed E-state index contributed by atoms with van der Waals surface area (Å²) in [4.78, 5) is 4.06. The number of anilines is 1. The van der Waals surface area contributed by atoms with E-state index < -0.39 is 9.05 Å². The van der Waals surface area contributed by atoms with E-state index in [2.05, 4.69) is 10.3 Å². The van der Waals surface area contributed by atoms with Gasteiger partial charge in [-0.15, -0.1) is 0 Å². The molecule has 2 rings (SSSR count). The van der Waals surface area contributed by atoms with Gasteiger partial charge in [-0.25, -0.2) is 8.42 Å². The number of aliphatic imine (C=N–C) groups is 1. The van der Waals surface area contributed by atoms with E-state index in [9.17, 15) is 8.42 Å². The number of benzene rings is 1. The molecule has 0 unspecified atom stereocenters. The smallest absolute Gasteiger partial charge is 0.261 e. The summed E-state index contributed by atoms with van der Waals surface area (Å²) in [5, 5.41) is 3.01. The second kappa shape index (κ2) is 3.25. The molecule has 0 fully saturated rings. The fourth-order valence-corrected chi connectivity index (χ4v) is 2.02. The van der Waals surface area contributed by atoms with Crippen LogP contribution < -0.4 is 5.32 Å². The molecular formula is C8H7ClN2O2S.